The summed E-state index contributed by atoms with van der Waals surface area (Å²) < 4.78 is 13.3. The Bertz CT molecular complexity index is 792. The van der Waals surface area contributed by atoms with Gasteiger partial charge in [-0.3, -0.25) is 4.79 Å². The summed E-state index contributed by atoms with van der Waals surface area (Å²) in [5.41, 5.74) is 1.85. The topological polar surface area (TPSA) is 41.5 Å². The second-order valence-electron chi connectivity index (χ2n) is 5.78. The van der Waals surface area contributed by atoms with Gasteiger partial charge in [-0.15, -0.1) is 0 Å². The van der Waals surface area contributed by atoms with Crippen molar-refractivity contribution in [2.45, 2.75) is 24.6 Å². The maximum atomic E-state index is 13.0. The number of nitrogens with one attached hydrogen (secondary N) is 1. The number of carbonyl (C=O) groups excluding carboxylic acids is 1. The van der Waals surface area contributed by atoms with Gasteiger partial charge in [0.2, 0.25) is 0 Å². The summed E-state index contributed by atoms with van der Waals surface area (Å²) in [4.78, 5) is 16.6. The Hall–Kier alpha value is -1.66. The van der Waals surface area contributed by atoms with Crippen LogP contribution in [0.15, 0.2) is 58.0 Å². The van der Waals surface area contributed by atoms with Gasteiger partial charge in [-0.2, -0.15) is 4.99 Å². The lowest BCUT2D eigenvalue weighted by Gasteiger charge is -2.21. The summed E-state index contributed by atoms with van der Waals surface area (Å²) >= 11 is 4.81. The lowest BCUT2D eigenvalue weighted by molar-refractivity contribution is -0.119. The van der Waals surface area contributed by atoms with Gasteiger partial charge < -0.3 is 5.32 Å². The SMILES string of the molecule is CC(NC1=NC(=O)C(C)(c2ccc(Br)cc2)S1)c1ccc(F)cc1. The second kappa shape index (κ2) is 6.69. The number of rotatable bonds is 3. The average molecular weight is 407 g/mol. The smallest absolute Gasteiger partial charge is 0.268 e. The highest BCUT2D eigenvalue weighted by atomic mass is 79.9. The van der Waals surface area contributed by atoms with Crippen LogP contribution >= 0.6 is 27.7 Å². The fourth-order valence-electron chi connectivity index (χ4n) is 2.49. The van der Waals surface area contributed by atoms with E-state index in [1.807, 2.05) is 38.1 Å². The third kappa shape index (κ3) is 3.39. The van der Waals surface area contributed by atoms with Gasteiger partial charge in [0.15, 0.2) is 5.17 Å². The molecular formula is C18H16BrFN2OS. The summed E-state index contributed by atoms with van der Waals surface area (Å²) in [5.74, 6) is -0.444. The average Bonchev–Trinajstić information content (AvgIpc) is 2.83. The van der Waals surface area contributed by atoms with Crippen molar-refractivity contribution in [3.05, 3.63) is 69.9 Å². The van der Waals surface area contributed by atoms with Crippen LogP contribution in [0.2, 0.25) is 0 Å². The summed E-state index contributed by atoms with van der Waals surface area (Å²) in [6, 6.07) is 13.9. The van der Waals surface area contributed by atoms with E-state index in [4.69, 9.17) is 0 Å². The normalized spacial score (nSPS) is 21.5. The molecule has 2 atom stereocenters. The van der Waals surface area contributed by atoms with Gasteiger partial charge in [0.1, 0.15) is 10.6 Å². The first-order chi connectivity index (χ1) is 11.4. The highest BCUT2D eigenvalue weighted by molar-refractivity contribution is 9.10. The standard InChI is InChI=1S/C18H16BrFN2OS/c1-11(12-3-9-15(20)10-4-12)21-17-22-16(23)18(2,24-17)13-5-7-14(19)8-6-13/h3-11H,1-2H3,(H,21,22,23). The van der Waals surface area contributed by atoms with Crippen LogP contribution in [0, 0.1) is 5.82 Å². The number of amides is 1. The van der Waals surface area contributed by atoms with Gasteiger partial charge in [0.25, 0.3) is 5.91 Å². The van der Waals surface area contributed by atoms with E-state index in [2.05, 4.69) is 26.2 Å². The molecule has 3 rings (SSSR count). The van der Waals surface area contributed by atoms with Gasteiger partial charge in [0, 0.05) is 4.47 Å². The van der Waals surface area contributed by atoms with Crippen LogP contribution in [0.1, 0.15) is 31.0 Å². The zero-order chi connectivity index (χ0) is 17.3. The third-order valence-corrected chi connectivity index (χ3v) is 5.77. The van der Waals surface area contributed by atoms with Crippen LogP contribution in [-0.2, 0) is 9.54 Å². The highest BCUT2D eigenvalue weighted by Gasteiger charge is 2.43. The van der Waals surface area contributed by atoms with Crippen LogP contribution < -0.4 is 5.32 Å². The molecule has 2 unspecified atom stereocenters. The molecule has 1 heterocycles. The van der Waals surface area contributed by atoms with Crippen molar-refractivity contribution in [2.75, 3.05) is 0 Å². The molecule has 6 heteroatoms. The largest absolute Gasteiger partial charge is 0.358 e. The first-order valence-corrected chi connectivity index (χ1v) is 9.09. The first-order valence-electron chi connectivity index (χ1n) is 7.48. The molecular weight excluding hydrogens is 391 g/mol. The molecule has 3 nitrogen and oxygen atoms in total. The van der Waals surface area contributed by atoms with Crippen LogP contribution in [0.3, 0.4) is 0 Å². The van der Waals surface area contributed by atoms with Gasteiger partial charge in [-0.05, 0) is 49.2 Å². The lowest BCUT2D eigenvalue weighted by atomic mass is 10.00. The molecule has 1 N–H and O–H groups in total. The van der Waals surface area contributed by atoms with E-state index in [0.29, 0.717) is 5.17 Å². The van der Waals surface area contributed by atoms with Crippen molar-refractivity contribution in [3.63, 3.8) is 0 Å². The van der Waals surface area contributed by atoms with Crippen LogP contribution in [-0.4, -0.2) is 11.1 Å². The van der Waals surface area contributed by atoms with E-state index in [-0.39, 0.29) is 17.8 Å². The Morgan fingerprint density at radius 1 is 1.17 bits per heavy atom. The van der Waals surface area contributed by atoms with E-state index in [0.717, 1.165) is 15.6 Å². The van der Waals surface area contributed by atoms with Crippen LogP contribution in [0.4, 0.5) is 4.39 Å². The molecule has 0 saturated carbocycles. The maximum absolute atomic E-state index is 13.0. The fourth-order valence-corrected chi connectivity index (χ4v) is 3.89. The molecule has 124 valence electrons. The minimum Gasteiger partial charge on any atom is -0.358 e. The van der Waals surface area contributed by atoms with Crippen molar-refractivity contribution in [1.82, 2.24) is 5.32 Å². The molecule has 24 heavy (non-hydrogen) atoms. The predicted octanol–water partition coefficient (Wildman–Crippen LogP) is 4.78. The molecule has 0 fully saturated rings. The maximum Gasteiger partial charge on any atom is 0.268 e. The van der Waals surface area contributed by atoms with Crippen molar-refractivity contribution in [1.29, 1.82) is 0 Å². The summed E-state index contributed by atoms with van der Waals surface area (Å²) in [6.07, 6.45) is 0. The minimum absolute atomic E-state index is 0.0723. The molecule has 1 aliphatic heterocycles. The third-order valence-electron chi connectivity index (χ3n) is 4.02. The van der Waals surface area contributed by atoms with E-state index in [9.17, 15) is 9.18 Å². The van der Waals surface area contributed by atoms with E-state index < -0.39 is 4.75 Å². The number of thioether (sulfide) groups is 1. The predicted molar refractivity (Wildman–Crippen MR) is 99.5 cm³/mol. The number of amidine groups is 1. The Morgan fingerprint density at radius 3 is 2.42 bits per heavy atom. The Kier molecular flexibility index (Phi) is 4.78. The summed E-state index contributed by atoms with van der Waals surface area (Å²) in [7, 11) is 0. The molecule has 1 aliphatic rings. The van der Waals surface area contributed by atoms with Crippen molar-refractivity contribution in [2.24, 2.45) is 4.99 Å². The number of aliphatic imine (C=N–C) groups is 1. The van der Waals surface area contributed by atoms with E-state index in [1.54, 1.807) is 12.1 Å². The summed E-state index contributed by atoms with van der Waals surface area (Å²) in [5, 5.41) is 3.83. The molecule has 2 aromatic rings. The molecule has 0 bridgehead atoms. The van der Waals surface area contributed by atoms with Gasteiger partial charge in [-0.1, -0.05) is 52.0 Å². The number of nitrogens with zero attached hydrogens (tertiary/aromatic N) is 1. The monoisotopic (exact) mass is 406 g/mol. The molecule has 0 aliphatic carbocycles. The van der Waals surface area contributed by atoms with Crippen molar-refractivity contribution in [3.8, 4) is 0 Å². The Labute approximate surface area is 152 Å². The Balaban J connectivity index is 1.75. The molecule has 0 aromatic heterocycles. The quantitative estimate of drug-likeness (QED) is 0.796. The van der Waals surface area contributed by atoms with Gasteiger partial charge in [-0.25, -0.2) is 4.39 Å². The number of hydrogen-bond acceptors (Lipinski definition) is 3. The zero-order valence-electron chi connectivity index (χ0n) is 13.2. The number of hydrogen-bond donors (Lipinski definition) is 1. The number of halogens is 2. The van der Waals surface area contributed by atoms with Gasteiger partial charge >= 0.3 is 0 Å². The first kappa shape index (κ1) is 17.2. The van der Waals surface area contributed by atoms with Gasteiger partial charge in [0.05, 0.1) is 6.04 Å². The lowest BCUT2D eigenvalue weighted by Crippen LogP contribution is -2.26. The van der Waals surface area contributed by atoms with Crippen LogP contribution in [0.25, 0.3) is 0 Å². The second-order valence-corrected chi connectivity index (χ2v) is 8.10. The van der Waals surface area contributed by atoms with Crippen molar-refractivity contribution < 1.29 is 9.18 Å². The molecule has 0 saturated heterocycles. The number of benzene rings is 2. The zero-order valence-corrected chi connectivity index (χ0v) is 15.6. The van der Waals surface area contributed by atoms with E-state index >= 15 is 0 Å². The fraction of sp³-hybridized carbons (Fsp3) is 0.222. The van der Waals surface area contributed by atoms with Crippen molar-refractivity contribution >= 4 is 38.8 Å². The molecule has 0 spiro atoms. The summed E-state index contributed by atoms with van der Waals surface area (Å²) in [6.45, 7) is 3.83. The molecule has 1 amide bonds. The highest BCUT2D eigenvalue weighted by Crippen LogP contribution is 2.42. The minimum atomic E-state index is -0.731. The Morgan fingerprint density at radius 2 is 1.79 bits per heavy atom. The molecule has 0 radical (unpaired) electrons. The van der Waals surface area contributed by atoms with E-state index in [1.165, 1.54) is 23.9 Å². The number of carbonyl (C=O) groups is 1. The van der Waals surface area contributed by atoms with Crippen LogP contribution in [0.5, 0.6) is 0 Å². The molecule has 2 aromatic carbocycles.